The normalized spacial score (nSPS) is 16.9. The Hall–Kier alpha value is -3.42. The van der Waals surface area contributed by atoms with E-state index in [9.17, 15) is 4.79 Å². The highest BCUT2D eigenvalue weighted by molar-refractivity contribution is 5.92. The Morgan fingerprint density at radius 3 is 3.00 bits per heavy atom. The molecular weight excluding hydrogens is 356 g/mol. The summed E-state index contributed by atoms with van der Waals surface area (Å²) in [5.74, 6) is 1.46. The molecule has 1 amide bonds. The summed E-state index contributed by atoms with van der Waals surface area (Å²) >= 11 is 0. The van der Waals surface area contributed by atoms with Crippen LogP contribution in [0.3, 0.4) is 0 Å². The van der Waals surface area contributed by atoms with Crippen molar-refractivity contribution >= 4 is 17.1 Å². The summed E-state index contributed by atoms with van der Waals surface area (Å²) in [5.41, 5.74) is 2.26. The zero-order chi connectivity index (χ0) is 19.1. The van der Waals surface area contributed by atoms with Crippen molar-refractivity contribution in [3.05, 3.63) is 54.7 Å². The van der Waals surface area contributed by atoms with Gasteiger partial charge in [0.2, 0.25) is 0 Å². The summed E-state index contributed by atoms with van der Waals surface area (Å²) in [5, 5.41) is 4.22. The summed E-state index contributed by atoms with van der Waals surface area (Å²) in [7, 11) is 0. The quantitative estimate of drug-likeness (QED) is 0.547. The fraction of sp³-hybridized carbons (Fsp3) is 0.300. The molecule has 5 heterocycles. The lowest BCUT2D eigenvalue weighted by Crippen LogP contribution is -2.31. The van der Waals surface area contributed by atoms with E-state index in [0.29, 0.717) is 31.1 Å². The Bertz CT molecular complexity index is 1130. The van der Waals surface area contributed by atoms with Crippen molar-refractivity contribution in [1.82, 2.24) is 29.2 Å². The summed E-state index contributed by atoms with van der Waals surface area (Å²) in [4.78, 5) is 24.2. The molecule has 142 valence electrons. The van der Waals surface area contributed by atoms with Crippen LogP contribution < -0.4 is 0 Å². The highest BCUT2D eigenvalue weighted by Gasteiger charge is 2.32. The molecule has 0 spiro atoms. The molecule has 0 radical (unpaired) electrons. The maximum absolute atomic E-state index is 13.0. The second-order valence-electron chi connectivity index (χ2n) is 6.85. The van der Waals surface area contributed by atoms with Crippen molar-refractivity contribution in [3.8, 4) is 11.6 Å². The number of hydrogen-bond donors (Lipinski definition) is 0. The molecule has 0 bridgehead atoms. The average Bonchev–Trinajstić information content (AvgIpc) is 3.52. The minimum absolute atomic E-state index is 0.0128. The van der Waals surface area contributed by atoms with E-state index in [2.05, 4.69) is 14.6 Å². The van der Waals surface area contributed by atoms with Gasteiger partial charge in [0.05, 0.1) is 12.3 Å². The van der Waals surface area contributed by atoms with Gasteiger partial charge < -0.3 is 13.9 Å². The SMILES string of the molecule is CCn1nccc1C(=O)N1CCC(n2c(-c3ccco3)nc3cccnc32)C1. The van der Waals surface area contributed by atoms with Gasteiger partial charge >= 0.3 is 0 Å². The first-order valence-electron chi connectivity index (χ1n) is 9.44. The van der Waals surface area contributed by atoms with Crippen LogP contribution in [0.5, 0.6) is 0 Å². The minimum Gasteiger partial charge on any atom is -0.461 e. The number of nitrogens with zero attached hydrogens (tertiary/aromatic N) is 6. The number of aryl methyl sites for hydroxylation is 1. The third kappa shape index (κ3) is 2.60. The predicted molar refractivity (Wildman–Crippen MR) is 103 cm³/mol. The van der Waals surface area contributed by atoms with Crippen LogP contribution >= 0.6 is 0 Å². The number of rotatable bonds is 4. The zero-order valence-corrected chi connectivity index (χ0v) is 15.5. The monoisotopic (exact) mass is 376 g/mol. The third-order valence-electron chi connectivity index (χ3n) is 5.24. The van der Waals surface area contributed by atoms with Crippen molar-refractivity contribution in [2.45, 2.75) is 25.9 Å². The number of furan rings is 1. The van der Waals surface area contributed by atoms with Crippen LogP contribution in [0.15, 0.2) is 53.4 Å². The Labute approximate surface area is 161 Å². The van der Waals surface area contributed by atoms with Gasteiger partial charge in [-0.1, -0.05) is 0 Å². The summed E-state index contributed by atoms with van der Waals surface area (Å²) in [6.45, 7) is 3.94. The van der Waals surface area contributed by atoms with Crippen LogP contribution in [0.2, 0.25) is 0 Å². The van der Waals surface area contributed by atoms with Gasteiger partial charge in [-0.15, -0.1) is 0 Å². The highest BCUT2D eigenvalue weighted by atomic mass is 16.3. The number of imidazole rings is 1. The van der Waals surface area contributed by atoms with E-state index in [-0.39, 0.29) is 11.9 Å². The van der Waals surface area contributed by atoms with Gasteiger partial charge in [-0.25, -0.2) is 9.97 Å². The molecule has 0 aromatic carbocycles. The number of carbonyl (C=O) groups excluding carboxylic acids is 1. The summed E-state index contributed by atoms with van der Waals surface area (Å²) in [6, 6.07) is 9.44. The van der Waals surface area contributed by atoms with E-state index in [1.807, 2.05) is 36.1 Å². The lowest BCUT2D eigenvalue weighted by molar-refractivity contribution is 0.0775. The van der Waals surface area contributed by atoms with E-state index >= 15 is 0 Å². The first-order valence-corrected chi connectivity index (χ1v) is 9.44. The molecule has 1 fully saturated rings. The number of hydrogen-bond acceptors (Lipinski definition) is 5. The van der Waals surface area contributed by atoms with E-state index in [1.165, 1.54) is 0 Å². The second-order valence-corrected chi connectivity index (χ2v) is 6.85. The number of aromatic nitrogens is 5. The number of fused-ring (bicyclic) bond motifs is 1. The predicted octanol–water partition coefficient (Wildman–Crippen LogP) is 2.99. The topological polar surface area (TPSA) is 82.0 Å². The molecule has 1 saturated heterocycles. The average molecular weight is 376 g/mol. The first-order chi connectivity index (χ1) is 13.8. The standard InChI is InChI=1S/C20H20N6O2/c1-2-25-16(7-10-22-25)20(27)24-11-8-14(13-24)26-18-15(5-3-9-21-18)23-19(26)17-6-4-12-28-17/h3-7,9-10,12,14H,2,8,11,13H2,1H3. The fourth-order valence-electron chi connectivity index (χ4n) is 3.92. The number of likely N-dealkylation sites (tertiary alicyclic amines) is 1. The Morgan fingerprint density at radius 2 is 2.18 bits per heavy atom. The third-order valence-corrected chi connectivity index (χ3v) is 5.24. The highest BCUT2D eigenvalue weighted by Crippen LogP contribution is 2.32. The first kappa shape index (κ1) is 16.7. The summed E-state index contributed by atoms with van der Waals surface area (Å²) in [6.07, 6.45) is 5.92. The molecule has 1 aliphatic rings. The number of carbonyl (C=O) groups is 1. The van der Waals surface area contributed by atoms with Gasteiger partial charge in [0.15, 0.2) is 17.2 Å². The van der Waals surface area contributed by atoms with Crippen LogP contribution in [0.25, 0.3) is 22.7 Å². The maximum atomic E-state index is 13.0. The van der Waals surface area contributed by atoms with Gasteiger partial charge in [-0.2, -0.15) is 5.10 Å². The molecule has 0 N–H and O–H groups in total. The van der Waals surface area contributed by atoms with Crippen molar-refractivity contribution in [3.63, 3.8) is 0 Å². The van der Waals surface area contributed by atoms with E-state index in [0.717, 1.165) is 23.4 Å². The molecule has 5 rings (SSSR count). The number of amides is 1. The van der Waals surface area contributed by atoms with Gasteiger partial charge in [0.1, 0.15) is 11.2 Å². The molecule has 1 unspecified atom stereocenters. The van der Waals surface area contributed by atoms with Gasteiger partial charge in [-0.05, 0) is 43.7 Å². The molecule has 8 nitrogen and oxygen atoms in total. The lowest BCUT2D eigenvalue weighted by atomic mass is 10.2. The molecular formula is C20H20N6O2. The van der Waals surface area contributed by atoms with Gasteiger partial charge in [0.25, 0.3) is 5.91 Å². The van der Waals surface area contributed by atoms with Crippen LogP contribution in [0.1, 0.15) is 29.9 Å². The second kappa shape index (κ2) is 6.63. The van der Waals surface area contributed by atoms with E-state index in [4.69, 9.17) is 9.40 Å². The fourth-order valence-corrected chi connectivity index (χ4v) is 3.92. The Morgan fingerprint density at radius 1 is 1.25 bits per heavy atom. The lowest BCUT2D eigenvalue weighted by Gasteiger charge is -2.18. The van der Waals surface area contributed by atoms with Crippen LogP contribution in [0.4, 0.5) is 0 Å². The summed E-state index contributed by atoms with van der Waals surface area (Å²) < 4.78 is 9.45. The molecule has 1 aliphatic heterocycles. The van der Waals surface area contributed by atoms with Crippen LogP contribution in [-0.2, 0) is 6.54 Å². The van der Waals surface area contributed by atoms with Crippen molar-refractivity contribution in [2.75, 3.05) is 13.1 Å². The van der Waals surface area contributed by atoms with Crippen LogP contribution in [-0.4, -0.2) is 48.2 Å². The zero-order valence-electron chi connectivity index (χ0n) is 15.5. The molecule has 4 aromatic rings. The minimum atomic E-state index is 0.0128. The largest absolute Gasteiger partial charge is 0.461 e. The molecule has 4 aromatic heterocycles. The molecule has 8 heteroatoms. The molecule has 0 saturated carbocycles. The van der Waals surface area contributed by atoms with Crippen molar-refractivity contribution < 1.29 is 9.21 Å². The Kier molecular flexibility index (Phi) is 3.96. The van der Waals surface area contributed by atoms with Gasteiger partial charge in [0, 0.05) is 32.0 Å². The molecule has 1 atom stereocenters. The van der Waals surface area contributed by atoms with Crippen LogP contribution in [0, 0.1) is 0 Å². The number of pyridine rings is 1. The maximum Gasteiger partial charge on any atom is 0.272 e. The van der Waals surface area contributed by atoms with E-state index in [1.54, 1.807) is 29.4 Å². The molecule has 0 aliphatic carbocycles. The van der Waals surface area contributed by atoms with Crippen molar-refractivity contribution in [1.29, 1.82) is 0 Å². The van der Waals surface area contributed by atoms with Crippen molar-refractivity contribution in [2.24, 2.45) is 0 Å². The molecule has 28 heavy (non-hydrogen) atoms. The van der Waals surface area contributed by atoms with E-state index < -0.39 is 0 Å². The smallest absolute Gasteiger partial charge is 0.272 e. The van der Waals surface area contributed by atoms with Gasteiger partial charge in [-0.3, -0.25) is 9.48 Å². The Balaban J connectivity index is 1.50.